The van der Waals surface area contributed by atoms with Gasteiger partial charge in [0.1, 0.15) is 0 Å². The summed E-state index contributed by atoms with van der Waals surface area (Å²) in [5, 5.41) is 13.2. The van der Waals surface area contributed by atoms with Crippen LogP contribution in [0, 0.1) is 0 Å². The molecule has 0 amide bonds. The molecular formula is C8H16N2O. The number of aliphatic hydroxyl groups is 1. The Morgan fingerprint density at radius 1 is 1.55 bits per heavy atom. The van der Waals surface area contributed by atoms with Crippen molar-refractivity contribution in [2.24, 2.45) is 0 Å². The number of nitrogens with one attached hydrogen (secondary N) is 1. The van der Waals surface area contributed by atoms with Gasteiger partial charge in [-0.05, 0) is 19.9 Å². The summed E-state index contributed by atoms with van der Waals surface area (Å²) in [5.74, 6) is 0. The molecule has 0 aromatic rings. The van der Waals surface area contributed by atoms with E-state index in [1.54, 1.807) is 0 Å². The van der Waals surface area contributed by atoms with Crippen molar-refractivity contribution in [2.45, 2.75) is 24.5 Å². The minimum atomic E-state index is -0.345. The molecule has 1 saturated carbocycles. The van der Waals surface area contributed by atoms with Crippen molar-refractivity contribution in [1.29, 1.82) is 0 Å². The Morgan fingerprint density at radius 2 is 2.27 bits per heavy atom. The molecule has 2 aliphatic rings. The number of nitrogens with zero attached hydrogens (tertiary/aromatic N) is 1. The van der Waals surface area contributed by atoms with E-state index in [1.807, 2.05) is 0 Å². The van der Waals surface area contributed by atoms with Crippen LogP contribution in [0.15, 0.2) is 0 Å². The van der Waals surface area contributed by atoms with Crippen LogP contribution in [0.25, 0.3) is 0 Å². The van der Waals surface area contributed by atoms with Crippen LogP contribution in [0.2, 0.25) is 0 Å². The van der Waals surface area contributed by atoms with Crippen LogP contribution < -0.4 is 5.32 Å². The van der Waals surface area contributed by atoms with E-state index in [-0.39, 0.29) is 5.60 Å². The SMILES string of the molecule is CN1CCNCC1C1(O)CC1. The lowest BCUT2D eigenvalue weighted by atomic mass is 10.1. The monoisotopic (exact) mass is 156 g/mol. The smallest absolute Gasteiger partial charge is 0.0816 e. The maximum atomic E-state index is 9.84. The first-order chi connectivity index (χ1) is 5.22. The molecular weight excluding hydrogens is 140 g/mol. The first kappa shape index (κ1) is 7.53. The summed E-state index contributed by atoms with van der Waals surface area (Å²) in [6.07, 6.45) is 1.98. The lowest BCUT2D eigenvalue weighted by Crippen LogP contribution is -2.55. The number of hydrogen-bond acceptors (Lipinski definition) is 3. The summed E-state index contributed by atoms with van der Waals surface area (Å²) >= 11 is 0. The van der Waals surface area contributed by atoms with Crippen molar-refractivity contribution >= 4 is 0 Å². The average Bonchev–Trinajstić information content (AvgIpc) is 2.70. The van der Waals surface area contributed by atoms with Crippen LogP contribution in [0.4, 0.5) is 0 Å². The van der Waals surface area contributed by atoms with Crippen molar-refractivity contribution < 1.29 is 5.11 Å². The second-order valence-corrected chi connectivity index (χ2v) is 3.80. The van der Waals surface area contributed by atoms with Crippen molar-refractivity contribution in [2.75, 3.05) is 26.7 Å². The molecule has 11 heavy (non-hydrogen) atoms. The predicted octanol–water partition coefficient (Wildman–Crippen LogP) is -0.585. The predicted molar refractivity (Wildman–Crippen MR) is 43.5 cm³/mol. The molecule has 1 unspecified atom stereocenters. The average molecular weight is 156 g/mol. The van der Waals surface area contributed by atoms with Crippen LogP contribution in [0.5, 0.6) is 0 Å². The molecule has 1 aliphatic heterocycles. The first-order valence-corrected chi connectivity index (χ1v) is 4.36. The maximum absolute atomic E-state index is 9.84. The van der Waals surface area contributed by atoms with Crippen molar-refractivity contribution in [3.63, 3.8) is 0 Å². The maximum Gasteiger partial charge on any atom is 0.0816 e. The fourth-order valence-corrected chi connectivity index (χ4v) is 1.87. The zero-order valence-corrected chi connectivity index (χ0v) is 7.01. The van der Waals surface area contributed by atoms with Gasteiger partial charge in [-0.25, -0.2) is 0 Å². The Balaban J connectivity index is 1.99. The molecule has 0 aromatic heterocycles. The molecule has 3 heteroatoms. The Hall–Kier alpha value is -0.120. The Kier molecular flexibility index (Phi) is 1.67. The molecule has 1 saturated heterocycles. The Labute approximate surface area is 67.4 Å². The van der Waals surface area contributed by atoms with Crippen LogP contribution in [-0.2, 0) is 0 Å². The molecule has 1 heterocycles. The number of rotatable bonds is 1. The first-order valence-electron chi connectivity index (χ1n) is 4.36. The number of hydrogen-bond donors (Lipinski definition) is 2. The second kappa shape index (κ2) is 2.44. The lowest BCUT2D eigenvalue weighted by molar-refractivity contribution is 0.0299. The molecule has 1 atom stereocenters. The summed E-state index contributed by atoms with van der Waals surface area (Å²) in [6.45, 7) is 3.07. The highest BCUT2D eigenvalue weighted by molar-refractivity contribution is 5.05. The van der Waals surface area contributed by atoms with E-state index in [0.717, 1.165) is 32.5 Å². The van der Waals surface area contributed by atoms with Gasteiger partial charge >= 0.3 is 0 Å². The Bertz CT molecular complexity index is 156. The third kappa shape index (κ3) is 1.28. The van der Waals surface area contributed by atoms with E-state index in [2.05, 4.69) is 17.3 Å². The zero-order valence-electron chi connectivity index (χ0n) is 7.01. The molecule has 3 nitrogen and oxygen atoms in total. The molecule has 1 aliphatic carbocycles. The second-order valence-electron chi connectivity index (χ2n) is 3.80. The van der Waals surface area contributed by atoms with Crippen molar-refractivity contribution in [3.05, 3.63) is 0 Å². The normalized spacial score (nSPS) is 37.1. The standard InChI is InChI=1S/C8H16N2O/c1-10-5-4-9-6-7(10)8(11)2-3-8/h7,9,11H,2-6H2,1H3. The summed E-state index contributed by atoms with van der Waals surface area (Å²) < 4.78 is 0. The summed E-state index contributed by atoms with van der Waals surface area (Å²) in [7, 11) is 2.10. The minimum absolute atomic E-state index is 0.345. The van der Waals surface area contributed by atoms with Gasteiger partial charge in [-0.3, -0.25) is 4.90 Å². The molecule has 2 N–H and O–H groups in total. The van der Waals surface area contributed by atoms with E-state index in [9.17, 15) is 5.11 Å². The fourth-order valence-electron chi connectivity index (χ4n) is 1.87. The lowest BCUT2D eigenvalue weighted by Gasteiger charge is -2.36. The van der Waals surface area contributed by atoms with Crippen LogP contribution in [0.1, 0.15) is 12.8 Å². The molecule has 0 radical (unpaired) electrons. The van der Waals surface area contributed by atoms with E-state index in [1.165, 1.54) is 0 Å². The van der Waals surface area contributed by atoms with Gasteiger partial charge in [0.15, 0.2) is 0 Å². The number of piperazine rings is 1. The Morgan fingerprint density at radius 3 is 2.82 bits per heavy atom. The van der Waals surface area contributed by atoms with Crippen molar-refractivity contribution in [1.82, 2.24) is 10.2 Å². The zero-order chi connectivity index (χ0) is 7.90. The summed E-state index contributed by atoms with van der Waals surface area (Å²) in [5.41, 5.74) is -0.345. The summed E-state index contributed by atoms with van der Waals surface area (Å²) in [4.78, 5) is 2.27. The fraction of sp³-hybridized carbons (Fsp3) is 1.00. The van der Waals surface area contributed by atoms with Gasteiger partial charge in [0.05, 0.1) is 11.6 Å². The van der Waals surface area contributed by atoms with Crippen LogP contribution >= 0.6 is 0 Å². The largest absolute Gasteiger partial charge is 0.388 e. The molecule has 0 bridgehead atoms. The van der Waals surface area contributed by atoms with Gasteiger partial charge in [0.25, 0.3) is 0 Å². The molecule has 64 valence electrons. The third-order valence-corrected chi connectivity index (χ3v) is 2.89. The van der Waals surface area contributed by atoms with Gasteiger partial charge in [0.2, 0.25) is 0 Å². The highest BCUT2D eigenvalue weighted by atomic mass is 16.3. The van der Waals surface area contributed by atoms with E-state index >= 15 is 0 Å². The summed E-state index contributed by atoms with van der Waals surface area (Å²) in [6, 6.07) is 0.358. The van der Waals surface area contributed by atoms with Gasteiger partial charge in [0, 0.05) is 19.6 Å². The number of likely N-dealkylation sites (N-methyl/N-ethyl adjacent to an activating group) is 1. The van der Waals surface area contributed by atoms with Crippen LogP contribution in [0.3, 0.4) is 0 Å². The van der Waals surface area contributed by atoms with Gasteiger partial charge in [-0.2, -0.15) is 0 Å². The molecule has 2 fully saturated rings. The van der Waals surface area contributed by atoms with Gasteiger partial charge in [-0.1, -0.05) is 0 Å². The van der Waals surface area contributed by atoms with E-state index in [4.69, 9.17) is 0 Å². The molecule has 0 aromatic carbocycles. The molecule has 2 rings (SSSR count). The van der Waals surface area contributed by atoms with Crippen molar-refractivity contribution in [3.8, 4) is 0 Å². The van der Waals surface area contributed by atoms with E-state index < -0.39 is 0 Å². The highest BCUT2D eigenvalue weighted by Gasteiger charge is 2.49. The van der Waals surface area contributed by atoms with Gasteiger partial charge in [-0.15, -0.1) is 0 Å². The quantitative estimate of drug-likeness (QED) is 0.533. The third-order valence-electron chi connectivity index (χ3n) is 2.89. The topological polar surface area (TPSA) is 35.5 Å². The minimum Gasteiger partial charge on any atom is -0.388 e. The van der Waals surface area contributed by atoms with E-state index in [0.29, 0.717) is 6.04 Å². The van der Waals surface area contributed by atoms with Gasteiger partial charge < -0.3 is 10.4 Å². The molecule has 0 spiro atoms. The highest BCUT2D eigenvalue weighted by Crippen LogP contribution is 2.40. The van der Waals surface area contributed by atoms with Crippen LogP contribution in [-0.4, -0.2) is 48.3 Å².